The van der Waals surface area contributed by atoms with Crippen LogP contribution in [0.25, 0.3) is 0 Å². The molecule has 108 valence electrons. The second-order valence-corrected chi connectivity index (χ2v) is 6.38. The van der Waals surface area contributed by atoms with Crippen LogP contribution >= 0.6 is 9.24 Å². The van der Waals surface area contributed by atoms with E-state index in [-0.39, 0.29) is 1.43 Å². The molecule has 1 aliphatic carbocycles. The Morgan fingerprint density at radius 1 is 1.21 bits per heavy atom. The molecule has 0 bridgehead atoms. The third-order valence-electron chi connectivity index (χ3n) is 3.90. The minimum atomic E-state index is 0. The minimum absolute atomic E-state index is 0. The van der Waals surface area contributed by atoms with Crippen LogP contribution in [0, 0.1) is 12.8 Å². The summed E-state index contributed by atoms with van der Waals surface area (Å²) in [4.78, 5) is 0. The molecule has 19 heavy (non-hydrogen) atoms. The molecule has 1 fully saturated rings. The fourth-order valence-corrected chi connectivity index (χ4v) is 2.81. The standard InChI is InChI=1S/C16H22.C2H7P.H2/c1-3-4-14-7-11-16(12-8-14)15-9-5-13(2)6-10-15;1-2-3;/h3,5-6,9-10,14,16H,1,4,7-8,11-12H2,2H3;2-3H2,1H3;1H. The van der Waals surface area contributed by atoms with Crippen LogP contribution in [0.2, 0.25) is 0 Å². The average molecular weight is 278 g/mol. The molecule has 0 spiro atoms. The molecule has 2 rings (SSSR count). The Labute approximate surface area is 123 Å². The molecule has 0 aromatic heterocycles. The molecule has 1 aliphatic rings. The molecule has 1 aromatic carbocycles. The van der Waals surface area contributed by atoms with Gasteiger partial charge in [0.25, 0.3) is 0 Å². The summed E-state index contributed by atoms with van der Waals surface area (Å²) in [7, 11) is 2.58. The lowest BCUT2D eigenvalue weighted by Gasteiger charge is -2.28. The van der Waals surface area contributed by atoms with Gasteiger partial charge in [-0.25, -0.2) is 0 Å². The maximum absolute atomic E-state index is 3.84. The van der Waals surface area contributed by atoms with Crippen LogP contribution in [0.3, 0.4) is 0 Å². The lowest BCUT2D eigenvalue weighted by atomic mass is 9.77. The number of benzene rings is 1. The lowest BCUT2D eigenvalue weighted by Crippen LogP contribution is -2.12. The number of hydrogen-bond acceptors (Lipinski definition) is 0. The number of allylic oxidation sites excluding steroid dienone is 1. The third kappa shape index (κ3) is 5.91. The van der Waals surface area contributed by atoms with E-state index in [0.29, 0.717) is 0 Å². The van der Waals surface area contributed by atoms with E-state index in [1.807, 2.05) is 0 Å². The first kappa shape index (κ1) is 16.4. The second-order valence-electron chi connectivity index (χ2n) is 5.56. The number of rotatable bonds is 3. The molecule has 0 amide bonds. The van der Waals surface area contributed by atoms with Crippen molar-refractivity contribution < 1.29 is 1.43 Å². The molecule has 0 N–H and O–H groups in total. The van der Waals surface area contributed by atoms with E-state index >= 15 is 0 Å². The summed E-state index contributed by atoms with van der Waals surface area (Å²) in [6.07, 6.45) is 9.94. The van der Waals surface area contributed by atoms with Gasteiger partial charge in [0, 0.05) is 1.43 Å². The van der Waals surface area contributed by atoms with Gasteiger partial charge in [0.15, 0.2) is 0 Å². The van der Waals surface area contributed by atoms with Gasteiger partial charge in [-0.2, -0.15) is 0 Å². The quantitative estimate of drug-likeness (QED) is 0.472. The van der Waals surface area contributed by atoms with Gasteiger partial charge in [0.2, 0.25) is 0 Å². The zero-order chi connectivity index (χ0) is 14.1. The normalized spacial score (nSPS) is 22.3. The maximum atomic E-state index is 3.84. The van der Waals surface area contributed by atoms with Gasteiger partial charge < -0.3 is 0 Å². The SMILES string of the molecule is C=CCC1CCC(c2ccc(C)cc2)CC1.CCP.[HH]. The van der Waals surface area contributed by atoms with Crippen molar-refractivity contribution in [2.24, 2.45) is 5.92 Å². The first-order chi connectivity index (χ1) is 9.21. The summed E-state index contributed by atoms with van der Waals surface area (Å²) in [6, 6.07) is 9.11. The van der Waals surface area contributed by atoms with Crippen LogP contribution in [0.4, 0.5) is 0 Å². The fraction of sp³-hybridized carbons (Fsp3) is 0.556. The second kappa shape index (κ2) is 9.32. The van der Waals surface area contributed by atoms with Gasteiger partial charge >= 0.3 is 0 Å². The highest BCUT2D eigenvalue weighted by atomic mass is 31.0. The highest BCUT2D eigenvalue weighted by Crippen LogP contribution is 2.37. The highest BCUT2D eigenvalue weighted by Gasteiger charge is 2.21. The topological polar surface area (TPSA) is 0 Å². The Bertz CT molecular complexity index is 350. The van der Waals surface area contributed by atoms with Crippen molar-refractivity contribution in [1.29, 1.82) is 0 Å². The van der Waals surface area contributed by atoms with Crippen LogP contribution in [0.1, 0.15) is 57.5 Å². The van der Waals surface area contributed by atoms with Crippen LogP contribution in [0.5, 0.6) is 0 Å². The molecule has 1 atom stereocenters. The summed E-state index contributed by atoms with van der Waals surface area (Å²) in [5.74, 6) is 1.71. The Hall–Kier alpha value is -0.610. The van der Waals surface area contributed by atoms with Gasteiger partial charge in [-0.15, -0.1) is 15.8 Å². The third-order valence-corrected chi connectivity index (χ3v) is 3.90. The maximum Gasteiger partial charge on any atom is 0 e. The monoisotopic (exact) mass is 278 g/mol. The molecule has 0 nitrogen and oxygen atoms in total. The largest absolute Gasteiger partial charge is 0.138 e. The van der Waals surface area contributed by atoms with Crippen molar-refractivity contribution in [3.05, 3.63) is 48.0 Å². The van der Waals surface area contributed by atoms with Gasteiger partial charge in [-0.05, 0) is 62.6 Å². The van der Waals surface area contributed by atoms with E-state index in [0.717, 1.165) is 11.8 Å². The first-order valence-corrected chi connectivity index (χ1v) is 8.40. The number of aryl methyl sites for hydroxylation is 1. The van der Waals surface area contributed by atoms with Crippen LogP contribution in [-0.2, 0) is 0 Å². The van der Waals surface area contributed by atoms with Crippen molar-refractivity contribution in [2.75, 3.05) is 6.16 Å². The Kier molecular flexibility index (Phi) is 8.07. The summed E-state index contributed by atoms with van der Waals surface area (Å²) in [5, 5.41) is 0. The smallest absolute Gasteiger partial charge is 0 e. The lowest BCUT2D eigenvalue weighted by molar-refractivity contribution is 0.328. The van der Waals surface area contributed by atoms with E-state index in [1.165, 1.54) is 43.8 Å². The predicted octanol–water partition coefficient (Wildman–Crippen LogP) is 5.97. The zero-order valence-electron chi connectivity index (χ0n) is 12.6. The van der Waals surface area contributed by atoms with Crippen LogP contribution < -0.4 is 0 Å². The minimum Gasteiger partial charge on any atom is -0.138 e. The van der Waals surface area contributed by atoms with Gasteiger partial charge in [0.05, 0.1) is 0 Å². The van der Waals surface area contributed by atoms with Crippen LogP contribution in [-0.4, -0.2) is 6.16 Å². The average Bonchev–Trinajstić information content (AvgIpc) is 2.42. The highest BCUT2D eigenvalue weighted by molar-refractivity contribution is 7.16. The Morgan fingerprint density at radius 2 is 1.74 bits per heavy atom. The molecular formula is C18H31P. The predicted molar refractivity (Wildman–Crippen MR) is 93.1 cm³/mol. The van der Waals surface area contributed by atoms with E-state index in [9.17, 15) is 0 Å². The molecule has 0 saturated heterocycles. The van der Waals surface area contributed by atoms with Crippen molar-refractivity contribution in [2.45, 2.75) is 51.9 Å². The van der Waals surface area contributed by atoms with Crippen molar-refractivity contribution in [3.63, 3.8) is 0 Å². The molecule has 1 aromatic rings. The fourth-order valence-electron chi connectivity index (χ4n) is 2.81. The Balaban J connectivity index is 0.000000830. The number of hydrogen-bond donors (Lipinski definition) is 0. The summed E-state index contributed by atoms with van der Waals surface area (Å²) in [5.41, 5.74) is 2.91. The van der Waals surface area contributed by atoms with Crippen molar-refractivity contribution in [3.8, 4) is 0 Å². The van der Waals surface area contributed by atoms with Crippen molar-refractivity contribution in [1.82, 2.24) is 0 Å². The van der Waals surface area contributed by atoms with E-state index in [2.05, 4.69) is 60.0 Å². The first-order valence-electron chi connectivity index (χ1n) is 7.58. The van der Waals surface area contributed by atoms with Crippen LogP contribution in [0.15, 0.2) is 36.9 Å². The molecular weight excluding hydrogens is 247 g/mol. The molecule has 0 heterocycles. The molecule has 1 saturated carbocycles. The van der Waals surface area contributed by atoms with E-state index < -0.39 is 0 Å². The molecule has 0 radical (unpaired) electrons. The zero-order valence-corrected chi connectivity index (χ0v) is 13.7. The molecule has 0 aliphatic heterocycles. The van der Waals surface area contributed by atoms with Gasteiger partial charge in [-0.3, -0.25) is 0 Å². The molecule has 1 heteroatoms. The van der Waals surface area contributed by atoms with Crippen molar-refractivity contribution >= 4 is 9.24 Å². The molecule has 1 unspecified atom stereocenters. The van der Waals surface area contributed by atoms with E-state index in [1.54, 1.807) is 5.56 Å². The summed E-state index contributed by atoms with van der Waals surface area (Å²) in [6.45, 7) is 8.09. The van der Waals surface area contributed by atoms with E-state index in [4.69, 9.17) is 0 Å². The Morgan fingerprint density at radius 3 is 2.21 bits per heavy atom. The summed E-state index contributed by atoms with van der Waals surface area (Å²) < 4.78 is 0. The summed E-state index contributed by atoms with van der Waals surface area (Å²) >= 11 is 0. The van der Waals surface area contributed by atoms with Gasteiger partial charge in [-0.1, -0.05) is 42.8 Å². The van der Waals surface area contributed by atoms with Gasteiger partial charge in [0.1, 0.15) is 0 Å².